The molecule has 1 atom stereocenters. The number of benzene rings is 1. The van der Waals surface area contributed by atoms with Crippen LogP contribution in [0.25, 0.3) is 0 Å². The van der Waals surface area contributed by atoms with Gasteiger partial charge >= 0.3 is 0 Å². The molecule has 9 nitrogen and oxygen atoms in total. The second-order valence-corrected chi connectivity index (χ2v) is 9.86. The summed E-state index contributed by atoms with van der Waals surface area (Å²) in [5.41, 5.74) is 6.38. The fraction of sp³-hybridized carbons (Fsp3) is 0.679. The molecular formula is C28H48N6O3. The Labute approximate surface area is 222 Å². The number of carbonyl (C=O) groups excluding carboxylic acids is 3. The molecule has 1 aromatic rings. The first-order chi connectivity index (χ1) is 18.1. The Bertz CT molecular complexity index is 770. The molecule has 1 aliphatic rings. The number of nitrogens with two attached hydrogens (primary N) is 1. The van der Waals surface area contributed by atoms with Crippen LogP contribution in [0.1, 0.15) is 63.4 Å². The maximum atomic E-state index is 12.9. The molecule has 1 fully saturated rings. The van der Waals surface area contributed by atoms with E-state index in [9.17, 15) is 14.4 Å². The number of hydrogen-bond donors (Lipinski definition) is 6. The third-order valence-electron chi connectivity index (χ3n) is 6.66. The molecule has 2 rings (SSSR count). The highest BCUT2D eigenvalue weighted by atomic mass is 16.2. The van der Waals surface area contributed by atoms with Gasteiger partial charge in [0.05, 0.1) is 6.42 Å². The largest absolute Gasteiger partial charge is 0.354 e. The first-order valence-corrected chi connectivity index (χ1v) is 14.1. The van der Waals surface area contributed by atoms with E-state index >= 15 is 0 Å². The van der Waals surface area contributed by atoms with E-state index in [1.165, 1.54) is 0 Å². The maximum Gasteiger partial charge on any atom is 0.244 e. The van der Waals surface area contributed by atoms with Crippen molar-refractivity contribution in [3.63, 3.8) is 0 Å². The molecule has 0 heterocycles. The predicted octanol–water partition coefficient (Wildman–Crippen LogP) is 1.22. The van der Waals surface area contributed by atoms with E-state index in [1.54, 1.807) is 0 Å². The fourth-order valence-electron chi connectivity index (χ4n) is 4.45. The first kappa shape index (κ1) is 30.7. The lowest BCUT2D eigenvalue weighted by atomic mass is 9.88. The van der Waals surface area contributed by atoms with Crippen molar-refractivity contribution in [3.05, 3.63) is 35.9 Å². The number of amides is 3. The molecule has 1 aromatic carbocycles. The van der Waals surface area contributed by atoms with Gasteiger partial charge in [0.25, 0.3) is 0 Å². The molecule has 208 valence electrons. The van der Waals surface area contributed by atoms with Crippen molar-refractivity contribution in [2.45, 2.75) is 70.3 Å². The number of hydrogen-bond acceptors (Lipinski definition) is 6. The summed E-state index contributed by atoms with van der Waals surface area (Å²) in [6, 6.07) is 8.68. The van der Waals surface area contributed by atoms with Gasteiger partial charge in [0, 0.05) is 19.0 Å². The highest BCUT2D eigenvalue weighted by molar-refractivity contribution is 5.89. The summed E-state index contributed by atoms with van der Waals surface area (Å²) in [5.74, 6) is -0.567. The van der Waals surface area contributed by atoms with Gasteiger partial charge in [0.15, 0.2) is 0 Å². The van der Waals surface area contributed by atoms with Gasteiger partial charge in [-0.2, -0.15) is 0 Å². The van der Waals surface area contributed by atoms with Gasteiger partial charge in [-0.05, 0) is 76.8 Å². The van der Waals surface area contributed by atoms with E-state index < -0.39 is 6.04 Å². The average Bonchev–Trinajstić information content (AvgIpc) is 2.92. The molecule has 3 amide bonds. The van der Waals surface area contributed by atoms with Gasteiger partial charge < -0.3 is 32.3 Å². The molecule has 1 saturated carbocycles. The minimum atomic E-state index is -0.783. The molecule has 37 heavy (non-hydrogen) atoms. The van der Waals surface area contributed by atoms with Gasteiger partial charge in [-0.3, -0.25) is 14.4 Å². The van der Waals surface area contributed by atoms with Crippen molar-refractivity contribution in [3.8, 4) is 0 Å². The van der Waals surface area contributed by atoms with E-state index in [4.69, 9.17) is 5.73 Å². The highest BCUT2D eigenvalue weighted by Gasteiger charge is 2.27. The minimum absolute atomic E-state index is 0.0517. The topological polar surface area (TPSA) is 137 Å². The van der Waals surface area contributed by atoms with Gasteiger partial charge in [0.2, 0.25) is 17.7 Å². The van der Waals surface area contributed by atoms with E-state index in [-0.39, 0.29) is 36.6 Å². The Morgan fingerprint density at radius 1 is 0.811 bits per heavy atom. The Kier molecular flexibility index (Phi) is 16.3. The second-order valence-electron chi connectivity index (χ2n) is 9.86. The summed E-state index contributed by atoms with van der Waals surface area (Å²) >= 11 is 0. The van der Waals surface area contributed by atoms with Crippen molar-refractivity contribution in [1.29, 1.82) is 0 Å². The van der Waals surface area contributed by atoms with Crippen molar-refractivity contribution < 1.29 is 14.4 Å². The molecule has 0 aromatic heterocycles. The smallest absolute Gasteiger partial charge is 0.244 e. The Morgan fingerprint density at radius 3 is 2.14 bits per heavy atom. The van der Waals surface area contributed by atoms with Gasteiger partial charge in [-0.15, -0.1) is 0 Å². The summed E-state index contributed by atoms with van der Waals surface area (Å²) < 4.78 is 0. The average molecular weight is 517 g/mol. The van der Waals surface area contributed by atoms with Crippen LogP contribution in [0.15, 0.2) is 30.3 Å². The second kappa shape index (κ2) is 19.6. The van der Waals surface area contributed by atoms with E-state index in [1.807, 2.05) is 30.3 Å². The summed E-state index contributed by atoms with van der Waals surface area (Å²) in [6.07, 6.45) is 9.21. The monoisotopic (exact) mass is 516 g/mol. The quantitative estimate of drug-likeness (QED) is 0.153. The minimum Gasteiger partial charge on any atom is -0.354 e. The first-order valence-electron chi connectivity index (χ1n) is 14.1. The summed E-state index contributed by atoms with van der Waals surface area (Å²) in [6.45, 7) is 5.05. The molecule has 1 aliphatic carbocycles. The van der Waals surface area contributed by atoms with Crippen LogP contribution >= 0.6 is 0 Å². The molecule has 7 N–H and O–H groups in total. The molecule has 0 saturated heterocycles. The lowest BCUT2D eigenvalue weighted by molar-refractivity contribution is -0.132. The van der Waals surface area contributed by atoms with E-state index in [0.717, 1.165) is 96.1 Å². The van der Waals surface area contributed by atoms with Crippen LogP contribution in [0.4, 0.5) is 0 Å². The molecule has 0 radical (unpaired) electrons. The van der Waals surface area contributed by atoms with E-state index in [2.05, 4.69) is 26.6 Å². The zero-order valence-electron chi connectivity index (χ0n) is 22.4. The molecule has 9 heteroatoms. The van der Waals surface area contributed by atoms with Crippen molar-refractivity contribution in [2.75, 3.05) is 45.8 Å². The summed E-state index contributed by atoms with van der Waals surface area (Å²) in [7, 11) is 0. The van der Waals surface area contributed by atoms with Crippen LogP contribution < -0.4 is 32.3 Å². The third kappa shape index (κ3) is 14.1. The fourth-order valence-corrected chi connectivity index (χ4v) is 4.45. The predicted molar refractivity (Wildman–Crippen MR) is 148 cm³/mol. The zero-order valence-corrected chi connectivity index (χ0v) is 22.4. The molecular weight excluding hydrogens is 468 g/mol. The highest BCUT2D eigenvalue weighted by Crippen LogP contribution is 2.23. The Hall–Kier alpha value is -2.49. The van der Waals surface area contributed by atoms with Crippen LogP contribution in [-0.4, -0.2) is 69.6 Å². The van der Waals surface area contributed by atoms with E-state index in [0.29, 0.717) is 6.54 Å². The zero-order chi connectivity index (χ0) is 26.6. The maximum absolute atomic E-state index is 12.9. The summed E-state index contributed by atoms with van der Waals surface area (Å²) in [4.78, 5) is 38.1. The standard InChI is InChI=1S/C28H48N6O3/c29-15-9-18-30-16-7-8-17-31-19-10-20-32-28(37)25(34-27(36)24-13-5-2-6-14-24)22-33-26(35)21-23-11-3-1-4-12-23/h1,3-4,11-12,24-25,30-31H,2,5-10,13-22,29H2,(H,32,37)(H,33,35)(H,34,36)/t25-/m0/s1. The molecule has 0 unspecified atom stereocenters. The lowest BCUT2D eigenvalue weighted by Gasteiger charge is -2.25. The number of nitrogens with one attached hydrogen (secondary N) is 5. The van der Waals surface area contributed by atoms with Gasteiger partial charge in [-0.25, -0.2) is 0 Å². The van der Waals surface area contributed by atoms with Crippen molar-refractivity contribution >= 4 is 17.7 Å². The van der Waals surface area contributed by atoms with Gasteiger partial charge in [-0.1, -0.05) is 49.6 Å². The molecule has 0 aliphatic heterocycles. The van der Waals surface area contributed by atoms with Gasteiger partial charge in [0.1, 0.15) is 6.04 Å². The lowest BCUT2D eigenvalue weighted by Crippen LogP contribution is -2.54. The molecule has 0 spiro atoms. The van der Waals surface area contributed by atoms with Crippen LogP contribution in [0.2, 0.25) is 0 Å². The van der Waals surface area contributed by atoms with Crippen molar-refractivity contribution in [1.82, 2.24) is 26.6 Å². The van der Waals surface area contributed by atoms with Crippen LogP contribution in [-0.2, 0) is 20.8 Å². The Balaban J connectivity index is 1.69. The number of carbonyl (C=O) groups is 3. The number of rotatable bonds is 19. The van der Waals surface area contributed by atoms with Crippen LogP contribution in [0, 0.1) is 5.92 Å². The van der Waals surface area contributed by atoms with Crippen LogP contribution in [0.3, 0.4) is 0 Å². The van der Waals surface area contributed by atoms with Crippen LogP contribution in [0.5, 0.6) is 0 Å². The third-order valence-corrected chi connectivity index (χ3v) is 6.66. The molecule has 0 bridgehead atoms. The number of unbranched alkanes of at least 4 members (excludes halogenated alkanes) is 1. The Morgan fingerprint density at radius 2 is 1.46 bits per heavy atom. The van der Waals surface area contributed by atoms with Crippen molar-refractivity contribution in [2.24, 2.45) is 11.7 Å². The SMILES string of the molecule is NCCCNCCCCNCCCNC(=O)[C@H](CNC(=O)Cc1ccccc1)NC(=O)C1CCCCC1. The summed E-state index contributed by atoms with van der Waals surface area (Å²) in [5, 5.41) is 15.4. The normalized spacial score (nSPS) is 14.6.